The molecular weight excluding hydrogens is 240 g/mol. The molecule has 1 aromatic rings. The van der Waals surface area contributed by atoms with Crippen molar-refractivity contribution < 1.29 is 0 Å². The minimum absolute atomic E-state index is 0.905. The predicted octanol–water partition coefficient (Wildman–Crippen LogP) is 3.40. The van der Waals surface area contributed by atoms with Gasteiger partial charge >= 0.3 is 0 Å². The molecule has 2 rings (SSSR count). The first-order chi connectivity index (χ1) is 6.79. The van der Waals surface area contributed by atoms with E-state index in [0.29, 0.717) is 0 Å². The summed E-state index contributed by atoms with van der Waals surface area (Å²) in [5.74, 6) is 0.905. The van der Waals surface area contributed by atoms with Gasteiger partial charge in [0.1, 0.15) is 4.60 Å². The van der Waals surface area contributed by atoms with Crippen LogP contribution in [0.5, 0.6) is 0 Å². The van der Waals surface area contributed by atoms with Crippen LogP contribution in [0.15, 0.2) is 10.7 Å². The highest BCUT2D eigenvalue weighted by Gasteiger charge is 2.23. The summed E-state index contributed by atoms with van der Waals surface area (Å²) in [5, 5.41) is 4.48. The molecule has 14 heavy (non-hydrogen) atoms. The minimum atomic E-state index is 0.905. The Balaban J connectivity index is 2.02. The second-order valence-corrected chi connectivity index (χ2v) is 5.00. The summed E-state index contributed by atoms with van der Waals surface area (Å²) in [6.45, 7) is 3.36. The summed E-state index contributed by atoms with van der Waals surface area (Å²) in [6.07, 6.45) is 6.48. The van der Waals surface area contributed by atoms with Crippen LogP contribution in [-0.4, -0.2) is 9.78 Å². The molecule has 1 fully saturated rings. The summed E-state index contributed by atoms with van der Waals surface area (Å²) in [5.41, 5.74) is 1.39. The molecule has 78 valence electrons. The average Bonchev–Trinajstić information content (AvgIpc) is 2.88. The highest BCUT2D eigenvalue weighted by Crippen LogP contribution is 2.31. The Hall–Kier alpha value is -0.310. The maximum absolute atomic E-state index is 4.48. The van der Waals surface area contributed by atoms with E-state index in [4.69, 9.17) is 0 Å². The van der Waals surface area contributed by atoms with E-state index in [1.54, 1.807) is 0 Å². The third kappa shape index (κ3) is 2.59. The first kappa shape index (κ1) is 10.2. The molecule has 0 radical (unpaired) electrons. The van der Waals surface area contributed by atoms with Crippen molar-refractivity contribution in [2.24, 2.45) is 5.92 Å². The summed E-state index contributed by atoms with van der Waals surface area (Å²) < 4.78 is 3.18. The molecule has 1 aromatic heterocycles. The fraction of sp³-hybridized carbons (Fsp3) is 0.727. The molecule has 0 aliphatic heterocycles. The van der Waals surface area contributed by atoms with Gasteiger partial charge in [0.25, 0.3) is 0 Å². The maximum Gasteiger partial charge on any atom is 0.128 e. The van der Waals surface area contributed by atoms with Crippen LogP contribution in [0, 0.1) is 5.92 Å². The van der Waals surface area contributed by atoms with Crippen molar-refractivity contribution in [2.75, 3.05) is 0 Å². The van der Waals surface area contributed by atoms with Crippen molar-refractivity contribution in [2.45, 2.75) is 45.6 Å². The van der Waals surface area contributed by atoms with Gasteiger partial charge in [-0.3, -0.25) is 4.68 Å². The van der Waals surface area contributed by atoms with Gasteiger partial charge in [-0.15, -0.1) is 0 Å². The van der Waals surface area contributed by atoms with Gasteiger partial charge in [-0.1, -0.05) is 13.3 Å². The first-order valence-electron chi connectivity index (χ1n) is 5.52. The van der Waals surface area contributed by atoms with Crippen LogP contribution in [0.3, 0.4) is 0 Å². The molecule has 0 amide bonds. The zero-order chi connectivity index (χ0) is 9.97. The van der Waals surface area contributed by atoms with E-state index in [1.807, 2.05) is 0 Å². The van der Waals surface area contributed by atoms with Crippen LogP contribution >= 0.6 is 15.9 Å². The molecule has 0 atom stereocenters. The van der Waals surface area contributed by atoms with Gasteiger partial charge in [-0.05, 0) is 53.6 Å². The molecule has 0 aromatic carbocycles. The molecule has 1 saturated carbocycles. The van der Waals surface area contributed by atoms with E-state index in [2.05, 4.69) is 38.7 Å². The van der Waals surface area contributed by atoms with Crippen LogP contribution in [0.25, 0.3) is 0 Å². The standard InChI is InChI=1S/C11H17BrN2/c1-2-3-4-10-7-11(12)13-14(10)8-9-5-6-9/h7,9H,2-6,8H2,1H3. The zero-order valence-corrected chi connectivity index (χ0v) is 10.3. The van der Waals surface area contributed by atoms with Crippen LogP contribution in [0.2, 0.25) is 0 Å². The quantitative estimate of drug-likeness (QED) is 0.790. The number of aromatic nitrogens is 2. The van der Waals surface area contributed by atoms with Crippen molar-refractivity contribution in [1.29, 1.82) is 0 Å². The predicted molar refractivity (Wildman–Crippen MR) is 61.3 cm³/mol. The van der Waals surface area contributed by atoms with Crippen molar-refractivity contribution >= 4 is 15.9 Å². The van der Waals surface area contributed by atoms with Crippen LogP contribution < -0.4 is 0 Å². The maximum atomic E-state index is 4.48. The van der Waals surface area contributed by atoms with E-state index >= 15 is 0 Å². The van der Waals surface area contributed by atoms with E-state index in [1.165, 1.54) is 37.8 Å². The second-order valence-electron chi connectivity index (χ2n) is 4.19. The molecule has 3 heteroatoms. The molecule has 0 N–H and O–H groups in total. The number of aryl methyl sites for hydroxylation is 1. The lowest BCUT2D eigenvalue weighted by Crippen LogP contribution is -2.06. The van der Waals surface area contributed by atoms with Crippen molar-refractivity contribution in [3.8, 4) is 0 Å². The molecule has 0 unspecified atom stereocenters. The minimum Gasteiger partial charge on any atom is -0.268 e. The zero-order valence-electron chi connectivity index (χ0n) is 8.67. The van der Waals surface area contributed by atoms with Gasteiger partial charge in [-0.25, -0.2) is 0 Å². The Morgan fingerprint density at radius 2 is 2.36 bits per heavy atom. The van der Waals surface area contributed by atoms with Crippen molar-refractivity contribution in [3.05, 3.63) is 16.4 Å². The topological polar surface area (TPSA) is 17.8 Å². The number of nitrogens with zero attached hydrogens (tertiary/aromatic N) is 2. The first-order valence-corrected chi connectivity index (χ1v) is 6.31. The highest BCUT2D eigenvalue weighted by molar-refractivity contribution is 9.10. The van der Waals surface area contributed by atoms with Gasteiger partial charge in [0.2, 0.25) is 0 Å². The van der Waals surface area contributed by atoms with Gasteiger partial charge < -0.3 is 0 Å². The van der Waals surface area contributed by atoms with E-state index < -0.39 is 0 Å². The van der Waals surface area contributed by atoms with E-state index in [-0.39, 0.29) is 0 Å². The fourth-order valence-corrected chi connectivity index (χ4v) is 2.14. The Bertz CT molecular complexity index is 302. The number of hydrogen-bond acceptors (Lipinski definition) is 1. The lowest BCUT2D eigenvalue weighted by atomic mass is 10.2. The number of unbranched alkanes of at least 4 members (excludes halogenated alkanes) is 1. The summed E-state index contributed by atoms with van der Waals surface area (Å²) in [7, 11) is 0. The summed E-state index contributed by atoms with van der Waals surface area (Å²) in [6, 6.07) is 2.16. The van der Waals surface area contributed by atoms with Gasteiger partial charge in [0.05, 0.1) is 0 Å². The SMILES string of the molecule is CCCCc1cc(Br)nn1CC1CC1. The van der Waals surface area contributed by atoms with Crippen LogP contribution in [-0.2, 0) is 13.0 Å². The molecule has 0 saturated heterocycles. The lowest BCUT2D eigenvalue weighted by molar-refractivity contribution is 0.532. The molecule has 1 aliphatic rings. The highest BCUT2D eigenvalue weighted by atomic mass is 79.9. The smallest absolute Gasteiger partial charge is 0.128 e. The average molecular weight is 257 g/mol. The normalized spacial score (nSPS) is 16.1. The van der Waals surface area contributed by atoms with Crippen LogP contribution in [0.4, 0.5) is 0 Å². The van der Waals surface area contributed by atoms with Crippen molar-refractivity contribution in [1.82, 2.24) is 9.78 Å². The summed E-state index contributed by atoms with van der Waals surface area (Å²) >= 11 is 3.45. The summed E-state index contributed by atoms with van der Waals surface area (Å²) in [4.78, 5) is 0. The molecule has 0 bridgehead atoms. The number of hydrogen-bond donors (Lipinski definition) is 0. The Kier molecular flexibility index (Phi) is 3.26. The molecular formula is C11H17BrN2. The number of rotatable bonds is 5. The Labute approximate surface area is 93.8 Å². The molecule has 1 aliphatic carbocycles. The van der Waals surface area contributed by atoms with Gasteiger partial charge in [0, 0.05) is 12.2 Å². The van der Waals surface area contributed by atoms with Crippen LogP contribution in [0.1, 0.15) is 38.3 Å². The lowest BCUT2D eigenvalue weighted by Gasteiger charge is -2.05. The third-order valence-electron chi connectivity index (χ3n) is 2.75. The fourth-order valence-electron chi connectivity index (χ4n) is 1.68. The van der Waals surface area contributed by atoms with E-state index in [9.17, 15) is 0 Å². The molecule has 2 nitrogen and oxygen atoms in total. The van der Waals surface area contributed by atoms with Gasteiger partial charge in [-0.2, -0.15) is 5.10 Å². The van der Waals surface area contributed by atoms with E-state index in [0.717, 1.165) is 17.1 Å². The monoisotopic (exact) mass is 256 g/mol. The second kappa shape index (κ2) is 4.47. The molecule has 1 heterocycles. The Morgan fingerprint density at radius 1 is 1.57 bits per heavy atom. The van der Waals surface area contributed by atoms with Crippen molar-refractivity contribution in [3.63, 3.8) is 0 Å². The Morgan fingerprint density at radius 3 is 3.00 bits per heavy atom. The number of halogens is 1. The third-order valence-corrected chi connectivity index (χ3v) is 3.14. The van der Waals surface area contributed by atoms with Gasteiger partial charge in [0.15, 0.2) is 0 Å². The molecule has 0 spiro atoms. The largest absolute Gasteiger partial charge is 0.268 e.